The summed E-state index contributed by atoms with van der Waals surface area (Å²) in [6, 6.07) is 3.36. The largest absolute Gasteiger partial charge is 0.406 e. The van der Waals surface area contributed by atoms with E-state index < -0.39 is 29.5 Å². The van der Waals surface area contributed by atoms with Crippen LogP contribution in [0.25, 0.3) is 0 Å². The van der Waals surface area contributed by atoms with Gasteiger partial charge in [0.2, 0.25) is 0 Å². The second-order valence-electron chi connectivity index (χ2n) is 3.63. The van der Waals surface area contributed by atoms with Crippen molar-refractivity contribution in [3.8, 4) is 0 Å². The zero-order chi connectivity index (χ0) is 14.6. The van der Waals surface area contributed by atoms with Crippen molar-refractivity contribution in [1.29, 1.82) is 0 Å². The van der Waals surface area contributed by atoms with Crippen molar-refractivity contribution in [2.24, 2.45) is 0 Å². The van der Waals surface area contributed by atoms with Gasteiger partial charge >= 0.3 is 6.18 Å². The fourth-order valence-corrected chi connectivity index (χ4v) is 1.82. The minimum atomic E-state index is -4.57. The topological polar surface area (TPSA) is 20.3 Å². The standard InChI is InChI=1S/C11H9Cl2F4NO/c12-4-5-18(6-11(15,16)17)10(19)7-2-1-3-8(14)9(7)13/h1-3H,4-6H2. The van der Waals surface area contributed by atoms with Crippen LogP contribution in [0.3, 0.4) is 0 Å². The molecule has 0 aliphatic heterocycles. The molecule has 0 saturated carbocycles. The summed E-state index contributed by atoms with van der Waals surface area (Å²) >= 11 is 10.9. The lowest BCUT2D eigenvalue weighted by Gasteiger charge is -2.23. The fraction of sp³-hybridized carbons (Fsp3) is 0.364. The van der Waals surface area contributed by atoms with Gasteiger partial charge in [-0.05, 0) is 12.1 Å². The summed E-state index contributed by atoms with van der Waals surface area (Å²) < 4.78 is 50.2. The molecule has 0 spiro atoms. The summed E-state index contributed by atoms with van der Waals surface area (Å²) in [7, 11) is 0. The van der Waals surface area contributed by atoms with E-state index in [4.69, 9.17) is 23.2 Å². The molecule has 8 heteroatoms. The molecule has 0 aliphatic carbocycles. The van der Waals surface area contributed by atoms with Crippen LogP contribution >= 0.6 is 23.2 Å². The zero-order valence-electron chi connectivity index (χ0n) is 9.48. The van der Waals surface area contributed by atoms with Crippen LogP contribution in [-0.4, -0.2) is 36.0 Å². The second-order valence-corrected chi connectivity index (χ2v) is 4.39. The Morgan fingerprint density at radius 1 is 1.32 bits per heavy atom. The van der Waals surface area contributed by atoms with E-state index in [1.165, 1.54) is 6.07 Å². The number of hydrogen-bond acceptors (Lipinski definition) is 1. The van der Waals surface area contributed by atoms with E-state index in [9.17, 15) is 22.4 Å². The van der Waals surface area contributed by atoms with Crippen molar-refractivity contribution in [3.63, 3.8) is 0 Å². The predicted molar refractivity (Wildman–Crippen MR) is 64.1 cm³/mol. The molecule has 0 aromatic heterocycles. The summed E-state index contributed by atoms with van der Waals surface area (Å²) in [5.74, 6) is -2.05. The van der Waals surface area contributed by atoms with Gasteiger partial charge in [0.1, 0.15) is 12.4 Å². The Balaban J connectivity index is 3.02. The fourth-order valence-electron chi connectivity index (χ4n) is 1.41. The van der Waals surface area contributed by atoms with Gasteiger partial charge in [-0.15, -0.1) is 11.6 Å². The quantitative estimate of drug-likeness (QED) is 0.612. The molecule has 0 atom stereocenters. The highest BCUT2D eigenvalue weighted by molar-refractivity contribution is 6.34. The molecule has 106 valence electrons. The number of amides is 1. The third kappa shape index (κ3) is 4.54. The molecule has 0 fully saturated rings. The van der Waals surface area contributed by atoms with Crippen molar-refractivity contribution < 1.29 is 22.4 Å². The Kier molecular flexibility index (Phi) is 5.43. The SMILES string of the molecule is O=C(c1cccc(F)c1Cl)N(CCCl)CC(F)(F)F. The smallest absolute Gasteiger partial charge is 0.328 e. The van der Waals surface area contributed by atoms with Crippen molar-refractivity contribution >= 4 is 29.1 Å². The summed E-state index contributed by atoms with van der Waals surface area (Å²) in [6.07, 6.45) is -4.57. The van der Waals surface area contributed by atoms with Crippen molar-refractivity contribution in [3.05, 3.63) is 34.6 Å². The maximum Gasteiger partial charge on any atom is 0.406 e. The summed E-state index contributed by atoms with van der Waals surface area (Å²) in [6.45, 7) is -1.78. The van der Waals surface area contributed by atoms with Gasteiger partial charge in [-0.3, -0.25) is 4.79 Å². The van der Waals surface area contributed by atoms with Crippen LogP contribution in [0.2, 0.25) is 5.02 Å². The summed E-state index contributed by atoms with van der Waals surface area (Å²) in [5.41, 5.74) is -0.323. The first-order valence-electron chi connectivity index (χ1n) is 5.12. The van der Waals surface area contributed by atoms with Gasteiger partial charge in [0.15, 0.2) is 0 Å². The van der Waals surface area contributed by atoms with Gasteiger partial charge in [-0.2, -0.15) is 13.2 Å². The third-order valence-corrected chi connectivity index (χ3v) is 2.75. The van der Waals surface area contributed by atoms with Crippen molar-refractivity contribution in [2.75, 3.05) is 19.0 Å². The molecule has 0 radical (unpaired) electrons. The lowest BCUT2D eigenvalue weighted by Crippen LogP contribution is -2.40. The van der Waals surface area contributed by atoms with E-state index in [1.807, 2.05) is 0 Å². The van der Waals surface area contributed by atoms with Gasteiger partial charge in [0, 0.05) is 12.4 Å². The maximum absolute atomic E-state index is 13.2. The van der Waals surface area contributed by atoms with Gasteiger partial charge in [-0.1, -0.05) is 17.7 Å². The number of hydrogen-bond donors (Lipinski definition) is 0. The number of benzene rings is 1. The number of carbonyl (C=O) groups is 1. The average Bonchev–Trinajstić information content (AvgIpc) is 2.30. The molecule has 0 N–H and O–H groups in total. The number of carbonyl (C=O) groups excluding carboxylic acids is 1. The van der Waals surface area contributed by atoms with Gasteiger partial charge in [-0.25, -0.2) is 4.39 Å². The molecule has 2 nitrogen and oxygen atoms in total. The summed E-state index contributed by atoms with van der Waals surface area (Å²) in [4.78, 5) is 12.4. The Labute approximate surface area is 116 Å². The minimum absolute atomic E-state index is 0.172. The predicted octanol–water partition coefficient (Wildman–Crippen LogP) is 3.72. The first-order chi connectivity index (χ1) is 8.76. The van der Waals surface area contributed by atoms with Crippen LogP contribution in [-0.2, 0) is 0 Å². The molecule has 0 heterocycles. The highest BCUT2D eigenvalue weighted by Crippen LogP contribution is 2.23. The molecule has 0 unspecified atom stereocenters. The summed E-state index contributed by atoms with van der Waals surface area (Å²) in [5, 5.41) is -0.505. The molecular weight excluding hydrogens is 309 g/mol. The van der Waals surface area contributed by atoms with Gasteiger partial charge in [0.25, 0.3) is 5.91 Å². The van der Waals surface area contributed by atoms with Crippen molar-refractivity contribution in [1.82, 2.24) is 4.90 Å². The van der Waals surface area contributed by atoms with Crippen LogP contribution in [0.15, 0.2) is 18.2 Å². The maximum atomic E-state index is 13.2. The first-order valence-corrected chi connectivity index (χ1v) is 6.03. The second kappa shape index (κ2) is 6.43. The van der Waals surface area contributed by atoms with E-state index in [-0.39, 0.29) is 18.0 Å². The van der Waals surface area contributed by atoms with E-state index in [1.54, 1.807) is 0 Å². The Morgan fingerprint density at radius 3 is 2.47 bits per heavy atom. The normalized spacial score (nSPS) is 11.5. The molecule has 0 saturated heterocycles. The molecule has 0 aliphatic rings. The number of halogens is 6. The highest BCUT2D eigenvalue weighted by atomic mass is 35.5. The molecular formula is C11H9Cl2F4NO. The molecule has 1 rings (SSSR count). The zero-order valence-corrected chi connectivity index (χ0v) is 11.0. The van der Waals surface area contributed by atoms with Crippen molar-refractivity contribution in [2.45, 2.75) is 6.18 Å². The van der Waals surface area contributed by atoms with E-state index in [0.29, 0.717) is 4.90 Å². The molecule has 1 aromatic rings. The van der Waals surface area contributed by atoms with E-state index in [0.717, 1.165) is 12.1 Å². The molecule has 1 amide bonds. The van der Waals surface area contributed by atoms with Crippen LogP contribution in [0.1, 0.15) is 10.4 Å². The monoisotopic (exact) mass is 317 g/mol. The van der Waals surface area contributed by atoms with E-state index in [2.05, 4.69) is 0 Å². The van der Waals surface area contributed by atoms with E-state index >= 15 is 0 Å². The lowest BCUT2D eigenvalue weighted by molar-refractivity contribution is -0.140. The highest BCUT2D eigenvalue weighted by Gasteiger charge is 2.33. The van der Waals surface area contributed by atoms with Crippen LogP contribution in [0.4, 0.5) is 17.6 Å². The lowest BCUT2D eigenvalue weighted by atomic mass is 10.2. The molecule has 1 aromatic carbocycles. The van der Waals surface area contributed by atoms with Crippen LogP contribution < -0.4 is 0 Å². The van der Waals surface area contributed by atoms with Gasteiger partial charge < -0.3 is 4.90 Å². The molecule has 0 bridgehead atoms. The molecule has 19 heavy (non-hydrogen) atoms. The van der Waals surface area contributed by atoms with Crippen LogP contribution in [0, 0.1) is 5.82 Å². The minimum Gasteiger partial charge on any atom is -0.328 e. The Hall–Kier alpha value is -1.01. The number of nitrogens with zero attached hydrogens (tertiary/aromatic N) is 1. The third-order valence-electron chi connectivity index (χ3n) is 2.19. The number of alkyl halides is 4. The Morgan fingerprint density at radius 2 is 1.95 bits per heavy atom. The van der Waals surface area contributed by atoms with Gasteiger partial charge in [0.05, 0.1) is 10.6 Å². The number of rotatable bonds is 4. The first kappa shape index (κ1) is 16.0. The Bertz CT molecular complexity index is 464. The average molecular weight is 318 g/mol. The van der Waals surface area contributed by atoms with Crippen LogP contribution in [0.5, 0.6) is 0 Å².